The van der Waals surface area contributed by atoms with E-state index in [1.807, 2.05) is 55.5 Å². The lowest BCUT2D eigenvalue weighted by atomic mass is 9.86. The first-order chi connectivity index (χ1) is 18.8. The number of aromatic nitrogens is 4. The van der Waals surface area contributed by atoms with Crippen LogP contribution in [0.4, 0.5) is 16.2 Å². The maximum absolute atomic E-state index is 14.2. The number of carbonyl (C=O) groups excluding carboxylic acids is 3. The summed E-state index contributed by atoms with van der Waals surface area (Å²) in [4.78, 5) is 42.0. The second-order valence-corrected chi connectivity index (χ2v) is 9.59. The summed E-state index contributed by atoms with van der Waals surface area (Å²) in [6.07, 6.45) is 0.884. The number of H-pyrrole nitrogens is 1. The van der Waals surface area contributed by atoms with Crippen molar-refractivity contribution < 1.29 is 14.4 Å². The van der Waals surface area contributed by atoms with Gasteiger partial charge in [-0.3, -0.25) is 14.5 Å². The number of hydrogen-bond donors (Lipinski definition) is 3. The van der Waals surface area contributed by atoms with E-state index in [9.17, 15) is 14.4 Å². The zero-order valence-corrected chi connectivity index (χ0v) is 21.3. The molecule has 0 fully saturated rings. The Kier molecular flexibility index (Phi) is 7.04. The highest BCUT2D eigenvalue weighted by Crippen LogP contribution is 2.40. The molecule has 2 heterocycles. The van der Waals surface area contributed by atoms with Gasteiger partial charge >= 0.3 is 6.03 Å². The van der Waals surface area contributed by atoms with Crippen molar-refractivity contribution in [2.24, 2.45) is 11.5 Å². The molecule has 4 amide bonds. The number of nitrogens with one attached hydrogen (secondary N) is 1. The Morgan fingerprint density at radius 2 is 1.85 bits per heavy atom. The predicted octanol–water partition coefficient (Wildman–Crippen LogP) is 2.68. The summed E-state index contributed by atoms with van der Waals surface area (Å²) in [6, 6.07) is 20.8. The minimum Gasteiger partial charge on any atom is -0.368 e. The van der Waals surface area contributed by atoms with E-state index in [4.69, 9.17) is 11.5 Å². The third kappa shape index (κ3) is 5.33. The minimum absolute atomic E-state index is 0.169. The molecule has 0 saturated heterocycles. The third-order valence-corrected chi connectivity index (χ3v) is 6.89. The third-order valence-electron chi connectivity index (χ3n) is 6.89. The van der Waals surface area contributed by atoms with Crippen molar-refractivity contribution >= 4 is 29.2 Å². The van der Waals surface area contributed by atoms with Crippen molar-refractivity contribution in [3.63, 3.8) is 0 Å². The summed E-state index contributed by atoms with van der Waals surface area (Å²) < 4.78 is 0. The van der Waals surface area contributed by atoms with Crippen LogP contribution in [0.3, 0.4) is 0 Å². The van der Waals surface area contributed by atoms with Crippen LogP contribution in [0.2, 0.25) is 0 Å². The molecular weight excluding hydrogens is 496 g/mol. The van der Waals surface area contributed by atoms with Crippen molar-refractivity contribution in [2.75, 3.05) is 16.3 Å². The Labute approximate surface area is 224 Å². The Morgan fingerprint density at radius 1 is 1.05 bits per heavy atom. The molecule has 1 aliphatic heterocycles. The van der Waals surface area contributed by atoms with Gasteiger partial charge in [0.05, 0.1) is 0 Å². The van der Waals surface area contributed by atoms with Gasteiger partial charge in [0, 0.05) is 16.9 Å². The lowest BCUT2D eigenvalue weighted by Crippen LogP contribution is -2.54. The number of tetrazole rings is 1. The molecule has 1 aliphatic rings. The summed E-state index contributed by atoms with van der Waals surface area (Å²) in [5.41, 5.74) is 16.0. The fourth-order valence-corrected chi connectivity index (χ4v) is 5.19. The molecule has 1 aromatic heterocycles. The summed E-state index contributed by atoms with van der Waals surface area (Å²) in [7, 11) is 0. The van der Waals surface area contributed by atoms with E-state index in [0.717, 1.165) is 16.7 Å². The summed E-state index contributed by atoms with van der Waals surface area (Å²) in [6.45, 7) is 1.58. The van der Waals surface area contributed by atoms with E-state index in [0.29, 0.717) is 29.2 Å². The number of primary amides is 2. The van der Waals surface area contributed by atoms with Crippen molar-refractivity contribution in [1.82, 2.24) is 20.6 Å². The van der Waals surface area contributed by atoms with Crippen LogP contribution < -0.4 is 21.3 Å². The molecular formula is C28H28N8O3. The quantitative estimate of drug-likeness (QED) is 0.336. The van der Waals surface area contributed by atoms with Crippen LogP contribution in [0.15, 0.2) is 72.8 Å². The van der Waals surface area contributed by atoms with Crippen molar-refractivity contribution in [1.29, 1.82) is 0 Å². The van der Waals surface area contributed by atoms with E-state index in [1.54, 1.807) is 24.3 Å². The molecule has 0 spiro atoms. The van der Waals surface area contributed by atoms with Gasteiger partial charge in [0.15, 0.2) is 0 Å². The van der Waals surface area contributed by atoms with Crippen molar-refractivity contribution in [2.45, 2.75) is 31.7 Å². The summed E-state index contributed by atoms with van der Waals surface area (Å²) >= 11 is 0. The van der Waals surface area contributed by atoms with Gasteiger partial charge in [-0.15, -0.1) is 10.2 Å². The Hall–Kier alpha value is -5.06. The zero-order chi connectivity index (χ0) is 27.5. The number of aromatic amines is 1. The molecule has 5 N–H and O–H groups in total. The first-order valence-corrected chi connectivity index (χ1v) is 12.5. The molecule has 0 radical (unpaired) electrons. The van der Waals surface area contributed by atoms with Gasteiger partial charge in [0.1, 0.15) is 12.6 Å². The maximum atomic E-state index is 14.2. The molecule has 39 heavy (non-hydrogen) atoms. The molecule has 11 heteroatoms. The largest absolute Gasteiger partial charge is 0.368 e. The van der Waals surface area contributed by atoms with Crippen LogP contribution in [0, 0.1) is 6.92 Å². The lowest BCUT2D eigenvalue weighted by Gasteiger charge is -2.32. The monoisotopic (exact) mass is 524 g/mol. The highest BCUT2D eigenvalue weighted by molar-refractivity contribution is 6.08. The van der Waals surface area contributed by atoms with E-state index in [2.05, 4.69) is 20.6 Å². The van der Waals surface area contributed by atoms with E-state index < -0.39 is 23.9 Å². The molecule has 0 aliphatic carbocycles. The number of nitrogens with two attached hydrogens (primary N) is 2. The van der Waals surface area contributed by atoms with E-state index in [-0.39, 0.29) is 18.9 Å². The fourth-order valence-electron chi connectivity index (χ4n) is 5.19. The van der Waals surface area contributed by atoms with E-state index in [1.165, 1.54) is 9.80 Å². The maximum Gasteiger partial charge on any atom is 0.320 e. The first-order valence-electron chi connectivity index (χ1n) is 12.5. The number of hydrogen-bond acceptors (Lipinski definition) is 6. The van der Waals surface area contributed by atoms with Gasteiger partial charge in [-0.2, -0.15) is 5.21 Å². The average Bonchev–Trinajstić information content (AvgIpc) is 3.43. The molecule has 3 aromatic carbocycles. The number of benzene rings is 3. The van der Waals surface area contributed by atoms with E-state index >= 15 is 0 Å². The highest BCUT2D eigenvalue weighted by atomic mass is 16.2. The molecule has 4 aromatic rings. The molecule has 5 rings (SSSR count). The molecule has 198 valence electrons. The standard InChI is InChI=1S/C28H28N8O3/c1-17-10-11-22-20(13-18-6-3-2-4-7-18)15-24(27(38)35(16-25(29)37)23(22)12-17)36(28(30)39)21-9-5-8-19(14-21)26-31-33-34-32-26/h2-12,14,20,24H,13,15-16H2,1H3,(H2,29,37)(H2,30,39)(H,31,32,33,34). The van der Waals surface area contributed by atoms with Crippen LogP contribution in [0.25, 0.3) is 11.4 Å². The van der Waals surface area contributed by atoms with Gasteiger partial charge in [-0.05, 0) is 65.8 Å². The topological polar surface area (TPSA) is 164 Å². The van der Waals surface area contributed by atoms with Crippen LogP contribution >= 0.6 is 0 Å². The van der Waals surface area contributed by atoms with Gasteiger partial charge < -0.3 is 16.4 Å². The second-order valence-electron chi connectivity index (χ2n) is 9.59. The van der Waals surface area contributed by atoms with Gasteiger partial charge in [0.2, 0.25) is 11.7 Å². The number of nitrogens with zero attached hydrogens (tertiary/aromatic N) is 5. The normalized spacial score (nSPS) is 16.8. The smallest absolute Gasteiger partial charge is 0.320 e. The van der Waals surface area contributed by atoms with Crippen LogP contribution in [0.5, 0.6) is 0 Å². The molecule has 0 bridgehead atoms. The van der Waals surface area contributed by atoms with Gasteiger partial charge in [-0.25, -0.2) is 4.79 Å². The van der Waals surface area contributed by atoms with Crippen LogP contribution in [0.1, 0.15) is 29.0 Å². The number of carbonyl (C=O) groups is 3. The van der Waals surface area contributed by atoms with Gasteiger partial charge in [0.25, 0.3) is 5.91 Å². The molecule has 0 saturated carbocycles. The molecule has 2 unspecified atom stereocenters. The van der Waals surface area contributed by atoms with Crippen LogP contribution in [-0.4, -0.2) is 51.1 Å². The number of amides is 4. The second kappa shape index (κ2) is 10.7. The van der Waals surface area contributed by atoms with Crippen molar-refractivity contribution in [3.8, 4) is 11.4 Å². The highest BCUT2D eigenvalue weighted by Gasteiger charge is 2.40. The number of fused-ring (bicyclic) bond motifs is 1. The average molecular weight is 525 g/mol. The predicted molar refractivity (Wildman–Crippen MR) is 146 cm³/mol. The van der Waals surface area contributed by atoms with Crippen LogP contribution in [-0.2, 0) is 16.0 Å². The fraction of sp³-hybridized carbons (Fsp3) is 0.214. The van der Waals surface area contributed by atoms with Gasteiger partial charge in [-0.1, -0.05) is 54.6 Å². The summed E-state index contributed by atoms with van der Waals surface area (Å²) in [5.74, 6) is -0.952. The number of anilines is 2. The van der Waals surface area contributed by atoms with Crippen molar-refractivity contribution in [3.05, 3.63) is 89.5 Å². The molecule has 11 nitrogen and oxygen atoms in total. The first kappa shape index (κ1) is 25.6. The number of urea groups is 1. The molecule has 2 atom stereocenters. The summed E-state index contributed by atoms with van der Waals surface area (Å²) in [5, 5.41) is 14.0. The SMILES string of the molecule is Cc1ccc2c(c1)N(CC(N)=O)C(=O)C(N(C(N)=O)c1cccc(-c3nn[nH]n3)c1)CC2Cc1ccccc1. The Morgan fingerprint density at radius 3 is 2.54 bits per heavy atom. The zero-order valence-electron chi connectivity index (χ0n) is 21.3. The Balaban J connectivity index is 1.64. The minimum atomic E-state index is -1.01. The lowest BCUT2D eigenvalue weighted by molar-refractivity contribution is -0.123. The Bertz CT molecular complexity index is 1510. The number of aryl methyl sites for hydroxylation is 1. The number of rotatable bonds is 7.